The molecule has 5 nitrogen and oxygen atoms in total. The summed E-state index contributed by atoms with van der Waals surface area (Å²) in [4.78, 5) is 11.8. The summed E-state index contributed by atoms with van der Waals surface area (Å²) in [5.74, 6) is 0.636. The fourth-order valence-corrected chi connectivity index (χ4v) is 1.52. The molecule has 0 saturated carbocycles. The molecule has 0 aliphatic carbocycles. The van der Waals surface area contributed by atoms with Crippen LogP contribution in [0.15, 0.2) is 36.9 Å². The molecule has 2 N–H and O–H groups in total. The van der Waals surface area contributed by atoms with Crippen molar-refractivity contribution in [3.63, 3.8) is 0 Å². The van der Waals surface area contributed by atoms with Crippen molar-refractivity contribution in [2.45, 2.75) is 0 Å². The molecule has 20 heavy (non-hydrogen) atoms. The highest BCUT2D eigenvalue weighted by atomic mass is 16.5. The molecule has 5 heteroatoms. The Labute approximate surface area is 120 Å². The van der Waals surface area contributed by atoms with Crippen molar-refractivity contribution in [3.8, 4) is 5.75 Å². The number of ether oxygens (including phenoxy) is 2. The summed E-state index contributed by atoms with van der Waals surface area (Å²) < 4.78 is 10.3. The molecule has 0 saturated heterocycles. The molecule has 0 atom stereocenters. The van der Waals surface area contributed by atoms with Crippen LogP contribution in [0.25, 0.3) is 0 Å². The van der Waals surface area contributed by atoms with E-state index < -0.39 is 0 Å². The van der Waals surface area contributed by atoms with Crippen LogP contribution in [-0.2, 0) is 4.74 Å². The van der Waals surface area contributed by atoms with E-state index in [1.807, 2.05) is 0 Å². The van der Waals surface area contributed by atoms with Gasteiger partial charge in [0.15, 0.2) is 0 Å². The number of amides is 1. The molecule has 1 aromatic carbocycles. The maximum atomic E-state index is 11.8. The zero-order chi connectivity index (χ0) is 14.6. The molecule has 0 aliphatic heterocycles. The van der Waals surface area contributed by atoms with Gasteiger partial charge >= 0.3 is 0 Å². The van der Waals surface area contributed by atoms with Gasteiger partial charge in [-0.15, -0.1) is 0 Å². The number of benzene rings is 1. The van der Waals surface area contributed by atoms with Gasteiger partial charge in [-0.25, -0.2) is 0 Å². The van der Waals surface area contributed by atoms with Crippen molar-refractivity contribution < 1.29 is 14.3 Å². The topological polar surface area (TPSA) is 59.6 Å². The maximum absolute atomic E-state index is 11.8. The third-order valence-corrected chi connectivity index (χ3v) is 2.55. The lowest BCUT2D eigenvalue weighted by molar-refractivity contribution is 0.0953. The second-order valence-corrected chi connectivity index (χ2v) is 4.12. The summed E-state index contributed by atoms with van der Waals surface area (Å²) >= 11 is 0. The Hall–Kier alpha value is -1.85. The Morgan fingerprint density at radius 2 is 2.00 bits per heavy atom. The first-order chi connectivity index (χ1) is 9.77. The van der Waals surface area contributed by atoms with E-state index in [9.17, 15) is 4.79 Å². The molecule has 0 aromatic heterocycles. The van der Waals surface area contributed by atoms with E-state index in [2.05, 4.69) is 17.2 Å². The normalized spacial score (nSPS) is 10.1. The maximum Gasteiger partial charge on any atom is 0.251 e. The van der Waals surface area contributed by atoms with E-state index >= 15 is 0 Å². The number of carbonyl (C=O) groups is 1. The van der Waals surface area contributed by atoms with Crippen molar-refractivity contribution in [3.05, 3.63) is 42.5 Å². The zero-order valence-electron chi connectivity index (χ0n) is 11.9. The Morgan fingerprint density at radius 1 is 1.25 bits per heavy atom. The van der Waals surface area contributed by atoms with Gasteiger partial charge in [-0.3, -0.25) is 4.79 Å². The summed E-state index contributed by atoms with van der Waals surface area (Å²) in [5.41, 5.74) is 0.618. The minimum absolute atomic E-state index is 0.0891. The van der Waals surface area contributed by atoms with E-state index in [0.29, 0.717) is 25.3 Å². The quantitative estimate of drug-likeness (QED) is 0.499. The number of hydrogen-bond donors (Lipinski definition) is 2. The number of rotatable bonds is 10. The minimum atomic E-state index is -0.0891. The average molecular weight is 278 g/mol. The smallest absolute Gasteiger partial charge is 0.251 e. The minimum Gasteiger partial charge on any atom is -0.490 e. The lowest BCUT2D eigenvalue weighted by Crippen LogP contribution is -2.33. The van der Waals surface area contributed by atoms with Crippen molar-refractivity contribution in [1.29, 1.82) is 0 Å². The van der Waals surface area contributed by atoms with Gasteiger partial charge in [0.1, 0.15) is 12.4 Å². The Kier molecular flexibility index (Phi) is 8.10. The van der Waals surface area contributed by atoms with Gasteiger partial charge in [0.2, 0.25) is 0 Å². The molecular weight excluding hydrogens is 256 g/mol. The molecule has 1 rings (SSSR count). The summed E-state index contributed by atoms with van der Waals surface area (Å²) in [5, 5.41) is 6.00. The molecule has 0 radical (unpaired) electrons. The molecule has 110 valence electrons. The van der Waals surface area contributed by atoms with Crippen molar-refractivity contribution in [1.82, 2.24) is 10.6 Å². The summed E-state index contributed by atoms with van der Waals surface area (Å²) in [6.07, 6.45) is 1.68. The number of methoxy groups -OCH3 is 1. The lowest BCUT2D eigenvalue weighted by atomic mass is 10.2. The van der Waals surface area contributed by atoms with Crippen molar-refractivity contribution in [2.75, 3.05) is 40.0 Å². The van der Waals surface area contributed by atoms with E-state index in [1.54, 1.807) is 37.5 Å². The van der Waals surface area contributed by atoms with Crippen LogP contribution >= 0.6 is 0 Å². The van der Waals surface area contributed by atoms with E-state index in [1.165, 1.54) is 0 Å². The van der Waals surface area contributed by atoms with Gasteiger partial charge < -0.3 is 20.1 Å². The predicted molar refractivity (Wildman–Crippen MR) is 79.2 cm³/mol. The third-order valence-electron chi connectivity index (χ3n) is 2.55. The van der Waals surface area contributed by atoms with Crippen LogP contribution in [0.5, 0.6) is 5.75 Å². The summed E-state index contributed by atoms with van der Waals surface area (Å²) in [6.45, 7) is 6.78. The van der Waals surface area contributed by atoms with Crippen LogP contribution < -0.4 is 15.4 Å². The molecule has 0 aliphatic rings. The number of nitrogens with one attached hydrogen (secondary N) is 2. The summed E-state index contributed by atoms with van der Waals surface area (Å²) in [7, 11) is 1.66. The zero-order valence-corrected chi connectivity index (χ0v) is 11.9. The van der Waals surface area contributed by atoms with Crippen LogP contribution in [-0.4, -0.2) is 45.9 Å². The Balaban J connectivity index is 2.27. The molecule has 0 heterocycles. The first-order valence-electron chi connectivity index (χ1n) is 6.59. The highest BCUT2D eigenvalue weighted by Gasteiger charge is 2.04. The summed E-state index contributed by atoms with van der Waals surface area (Å²) in [6, 6.07) is 7.03. The molecule has 0 fully saturated rings. The van der Waals surface area contributed by atoms with Crippen LogP contribution in [0, 0.1) is 0 Å². The molecular formula is C15H22N2O3. The van der Waals surface area contributed by atoms with Gasteiger partial charge in [0.25, 0.3) is 5.91 Å². The molecule has 0 unspecified atom stereocenters. The predicted octanol–water partition coefficient (Wildman–Crippen LogP) is 1.22. The lowest BCUT2D eigenvalue weighted by Gasteiger charge is -2.07. The van der Waals surface area contributed by atoms with Crippen molar-refractivity contribution in [2.24, 2.45) is 0 Å². The first-order valence-corrected chi connectivity index (χ1v) is 6.59. The third kappa shape index (κ3) is 6.36. The SMILES string of the molecule is C=CCOc1ccc(C(=O)NCCNCCOC)cc1. The highest BCUT2D eigenvalue weighted by molar-refractivity contribution is 5.94. The largest absolute Gasteiger partial charge is 0.490 e. The number of hydrogen-bond acceptors (Lipinski definition) is 4. The van der Waals surface area contributed by atoms with Crippen LogP contribution in [0.4, 0.5) is 0 Å². The molecule has 0 bridgehead atoms. The molecule has 0 spiro atoms. The van der Waals surface area contributed by atoms with Crippen LogP contribution in [0.2, 0.25) is 0 Å². The Bertz CT molecular complexity index is 404. The monoisotopic (exact) mass is 278 g/mol. The first kappa shape index (κ1) is 16.2. The van der Waals surface area contributed by atoms with Crippen LogP contribution in [0.1, 0.15) is 10.4 Å². The van der Waals surface area contributed by atoms with Gasteiger partial charge in [0.05, 0.1) is 6.61 Å². The van der Waals surface area contributed by atoms with Gasteiger partial charge in [-0.1, -0.05) is 12.7 Å². The highest BCUT2D eigenvalue weighted by Crippen LogP contribution is 2.11. The second-order valence-electron chi connectivity index (χ2n) is 4.12. The number of carbonyl (C=O) groups excluding carboxylic acids is 1. The Morgan fingerprint density at radius 3 is 2.65 bits per heavy atom. The van der Waals surface area contributed by atoms with Crippen molar-refractivity contribution >= 4 is 5.91 Å². The fourth-order valence-electron chi connectivity index (χ4n) is 1.52. The van der Waals surface area contributed by atoms with Gasteiger partial charge in [0, 0.05) is 32.3 Å². The van der Waals surface area contributed by atoms with Gasteiger partial charge in [-0.05, 0) is 24.3 Å². The standard InChI is InChI=1S/C15H22N2O3/c1-3-11-20-14-6-4-13(5-7-14)15(18)17-9-8-16-10-12-19-2/h3-7,16H,1,8-12H2,2H3,(H,17,18). The molecule has 1 aromatic rings. The van der Waals surface area contributed by atoms with Crippen LogP contribution in [0.3, 0.4) is 0 Å². The average Bonchev–Trinajstić information content (AvgIpc) is 2.49. The second kappa shape index (κ2) is 10.00. The van der Waals surface area contributed by atoms with E-state index in [0.717, 1.165) is 18.8 Å². The molecule has 1 amide bonds. The fraction of sp³-hybridized carbons (Fsp3) is 0.400. The van der Waals surface area contributed by atoms with Gasteiger partial charge in [-0.2, -0.15) is 0 Å². The van der Waals surface area contributed by atoms with E-state index in [-0.39, 0.29) is 5.91 Å². The van der Waals surface area contributed by atoms with E-state index in [4.69, 9.17) is 9.47 Å².